The SMILES string of the molecule is CNC(=O)C(Cc1ccccc1)N(Cc1cccc(OC)c1)C(=O)CN(C)S(=O)(=O)c1ccc(Cl)cc1. The molecular weight excluding hydrogens is 514 g/mol. The van der Waals surface area contributed by atoms with Gasteiger partial charge in [-0.1, -0.05) is 54.1 Å². The van der Waals surface area contributed by atoms with E-state index < -0.39 is 28.5 Å². The van der Waals surface area contributed by atoms with Crippen molar-refractivity contribution in [3.8, 4) is 5.75 Å². The molecular formula is C27H30ClN3O5S. The molecule has 10 heteroatoms. The number of carbonyl (C=O) groups is 2. The van der Waals surface area contributed by atoms with E-state index in [-0.39, 0.29) is 23.8 Å². The first kappa shape index (κ1) is 28.2. The molecule has 0 aromatic heterocycles. The summed E-state index contributed by atoms with van der Waals surface area (Å²) in [5, 5.41) is 3.04. The summed E-state index contributed by atoms with van der Waals surface area (Å²) in [5.74, 6) is -0.275. The van der Waals surface area contributed by atoms with Crippen molar-refractivity contribution in [1.29, 1.82) is 0 Å². The summed E-state index contributed by atoms with van der Waals surface area (Å²) >= 11 is 5.89. The van der Waals surface area contributed by atoms with Crippen molar-refractivity contribution in [3.63, 3.8) is 0 Å². The summed E-state index contributed by atoms with van der Waals surface area (Å²) in [6.45, 7) is -0.382. The fourth-order valence-electron chi connectivity index (χ4n) is 3.84. The van der Waals surface area contributed by atoms with Crippen LogP contribution < -0.4 is 10.1 Å². The highest BCUT2D eigenvalue weighted by molar-refractivity contribution is 7.89. The van der Waals surface area contributed by atoms with Crippen LogP contribution in [0.1, 0.15) is 11.1 Å². The fraction of sp³-hybridized carbons (Fsp3) is 0.259. The predicted molar refractivity (Wildman–Crippen MR) is 143 cm³/mol. The summed E-state index contributed by atoms with van der Waals surface area (Å²) < 4.78 is 32.5. The highest BCUT2D eigenvalue weighted by Gasteiger charge is 2.32. The Balaban J connectivity index is 1.95. The molecule has 0 aliphatic rings. The zero-order valence-electron chi connectivity index (χ0n) is 20.9. The van der Waals surface area contributed by atoms with Gasteiger partial charge in [-0.25, -0.2) is 8.42 Å². The molecule has 0 spiro atoms. The van der Waals surface area contributed by atoms with Gasteiger partial charge in [0, 0.05) is 32.1 Å². The summed E-state index contributed by atoms with van der Waals surface area (Å²) in [6.07, 6.45) is 0.254. The number of hydrogen-bond acceptors (Lipinski definition) is 5. The molecule has 0 aliphatic heterocycles. The number of halogens is 1. The topological polar surface area (TPSA) is 96.0 Å². The van der Waals surface area contributed by atoms with Crippen LogP contribution in [0, 0.1) is 0 Å². The Bertz CT molecular complexity index is 1320. The number of sulfonamides is 1. The lowest BCUT2D eigenvalue weighted by Gasteiger charge is -2.32. The smallest absolute Gasteiger partial charge is 0.243 e. The zero-order chi connectivity index (χ0) is 27.0. The van der Waals surface area contributed by atoms with Crippen LogP contribution in [0.5, 0.6) is 5.75 Å². The van der Waals surface area contributed by atoms with Gasteiger partial charge in [-0.2, -0.15) is 4.31 Å². The molecule has 3 aromatic rings. The molecule has 3 aromatic carbocycles. The Morgan fingerprint density at radius 2 is 1.62 bits per heavy atom. The molecule has 0 radical (unpaired) electrons. The van der Waals surface area contributed by atoms with E-state index in [2.05, 4.69) is 5.32 Å². The van der Waals surface area contributed by atoms with Gasteiger partial charge in [-0.05, 0) is 47.5 Å². The number of methoxy groups -OCH3 is 1. The molecule has 0 saturated heterocycles. The maximum absolute atomic E-state index is 13.7. The van der Waals surface area contributed by atoms with Crippen LogP contribution in [0.4, 0.5) is 0 Å². The number of carbonyl (C=O) groups excluding carboxylic acids is 2. The van der Waals surface area contributed by atoms with Gasteiger partial charge in [-0.15, -0.1) is 0 Å². The molecule has 196 valence electrons. The van der Waals surface area contributed by atoms with Crippen molar-refractivity contribution >= 4 is 33.4 Å². The van der Waals surface area contributed by atoms with Gasteiger partial charge in [0.05, 0.1) is 18.6 Å². The number of nitrogens with zero attached hydrogens (tertiary/aromatic N) is 2. The number of ether oxygens (including phenoxy) is 1. The Morgan fingerprint density at radius 3 is 2.24 bits per heavy atom. The van der Waals surface area contributed by atoms with Crippen molar-refractivity contribution in [1.82, 2.24) is 14.5 Å². The van der Waals surface area contributed by atoms with Gasteiger partial charge in [0.2, 0.25) is 21.8 Å². The van der Waals surface area contributed by atoms with Crippen LogP contribution in [0.25, 0.3) is 0 Å². The first-order chi connectivity index (χ1) is 17.6. The Kier molecular flexibility index (Phi) is 9.68. The van der Waals surface area contributed by atoms with Crippen LogP contribution in [-0.2, 0) is 32.6 Å². The monoisotopic (exact) mass is 543 g/mol. The number of nitrogens with one attached hydrogen (secondary N) is 1. The zero-order valence-corrected chi connectivity index (χ0v) is 22.5. The van der Waals surface area contributed by atoms with Gasteiger partial charge >= 0.3 is 0 Å². The van der Waals surface area contributed by atoms with E-state index in [9.17, 15) is 18.0 Å². The second kappa shape index (κ2) is 12.7. The lowest BCUT2D eigenvalue weighted by atomic mass is 10.0. The first-order valence-corrected chi connectivity index (χ1v) is 13.4. The molecule has 0 bridgehead atoms. The highest BCUT2D eigenvalue weighted by atomic mass is 35.5. The molecule has 3 rings (SSSR count). The first-order valence-electron chi connectivity index (χ1n) is 11.6. The maximum atomic E-state index is 13.7. The van der Waals surface area contributed by atoms with Gasteiger partial charge in [0.25, 0.3) is 0 Å². The largest absolute Gasteiger partial charge is 0.497 e. The summed E-state index contributed by atoms with van der Waals surface area (Å²) in [5.41, 5.74) is 1.60. The van der Waals surface area contributed by atoms with E-state index in [0.717, 1.165) is 15.4 Å². The summed E-state index contributed by atoms with van der Waals surface area (Å²) in [7, 11) is 0.408. The number of amides is 2. The normalized spacial score (nSPS) is 12.1. The van der Waals surface area contributed by atoms with E-state index in [1.54, 1.807) is 25.3 Å². The van der Waals surface area contributed by atoms with Crippen LogP contribution in [0.2, 0.25) is 5.02 Å². The van der Waals surface area contributed by atoms with Crippen molar-refractivity contribution in [2.45, 2.75) is 23.9 Å². The van der Waals surface area contributed by atoms with E-state index in [1.165, 1.54) is 43.3 Å². The van der Waals surface area contributed by atoms with E-state index in [1.807, 2.05) is 36.4 Å². The van der Waals surface area contributed by atoms with E-state index in [0.29, 0.717) is 10.8 Å². The van der Waals surface area contributed by atoms with Crippen molar-refractivity contribution in [2.24, 2.45) is 0 Å². The van der Waals surface area contributed by atoms with E-state index in [4.69, 9.17) is 16.3 Å². The van der Waals surface area contributed by atoms with Crippen LogP contribution in [0.15, 0.2) is 83.8 Å². The molecule has 8 nitrogen and oxygen atoms in total. The average Bonchev–Trinajstić information content (AvgIpc) is 2.91. The summed E-state index contributed by atoms with van der Waals surface area (Å²) in [6, 6.07) is 21.3. The summed E-state index contributed by atoms with van der Waals surface area (Å²) in [4.78, 5) is 28.1. The number of likely N-dealkylation sites (N-methyl/N-ethyl adjacent to an activating group) is 2. The quantitative estimate of drug-likeness (QED) is 0.400. The van der Waals surface area contributed by atoms with Crippen molar-refractivity contribution in [3.05, 3.63) is 95.0 Å². The lowest BCUT2D eigenvalue weighted by Crippen LogP contribution is -2.52. The molecule has 37 heavy (non-hydrogen) atoms. The lowest BCUT2D eigenvalue weighted by molar-refractivity contribution is -0.141. The minimum atomic E-state index is -3.97. The van der Waals surface area contributed by atoms with Crippen LogP contribution in [0.3, 0.4) is 0 Å². The molecule has 1 N–H and O–H groups in total. The molecule has 0 fully saturated rings. The third kappa shape index (κ3) is 7.31. The minimum absolute atomic E-state index is 0.0127. The molecule has 0 aliphatic carbocycles. The fourth-order valence-corrected chi connectivity index (χ4v) is 5.09. The average molecular weight is 544 g/mol. The number of hydrogen-bond donors (Lipinski definition) is 1. The van der Waals surface area contributed by atoms with Gasteiger partial charge in [-0.3, -0.25) is 9.59 Å². The maximum Gasteiger partial charge on any atom is 0.243 e. The predicted octanol–water partition coefficient (Wildman–Crippen LogP) is 3.36. The highest BCUT2D eigenvalue weighted by Crippen LogP contribution is 2.21. The number of rotatable bonds is 11. The van der Waals surface area contributed by atoms with Crippen molar-refractivity contribution in [2.75, 3.05) is 27.7 Å². The minimum Gasteiger partial charge on any atom is -0.497 e. The molecule has 0 saturated carbocycles. The number of benzene rings is 3. The van der Waals surface area contributed by atoms with Gasteiger partial charge in [0.15, 0.2) is 0 Å². The van der Waals surface area contributed by atoms with Crippen LogP contribution >= 0.6 is 11.6 Å². The second-order valence-electron chi connectivity index (χ2n) is 8.41. The Labute approximate surface area is 222 Å². The van der Waals surface area contributed by atoms with E-state index >= 15 is 0 Å². The Morgan fingerprint density at radius 1 is 0.973 bits per heavy atom. The molecule has 0 heterocycles. The third-order valence-electron chi connectivity index (χ3n) is 5.88. The third-order valence-corrected chi connectivity index (χ3v) is 7.95. The molecule has 1 unspecified atom stereocenters. The Hall–Kier alpha value is -3.40. The second-order valence-corrected chi connectivity index (χ2v) is 10.9. The standard InChI is InChI=1S/C27H30ClN3O5S/c1-29-27(33)25(17-20-8-5-4-6-9-20)31(18-21-10-7-11-23(16-21)36-3)26(32)19-30(2)37(34,35)24-14-12-22(28)13-15-24/h4-16,25H,17-19H2,1-3H3,(H,29,33). The molecule has 2 amide bonds. The van der Waals surface area contributed by atoms with Crippen LogP contribution in [-0.4, -0.2) is 63.2 Å². The molecule has 1 atom stereocenters. The van der Waals surface area contributed by atoms with Gasteiger partial charge < -0.3 is 15.0 Å². The van der Waals surface area contributed by atoms with Crippen molar-refractivity contribution < 1.29 is 22.7 Å². The van der Waals surface area contributed by atoms with Gasteiger partial charge in [0.1, 0.15) is 11.8 Å².